The summed E-state index contributed by atoms with van der Waals surface area (Å²) >= 11 is 0. The van der Waals surface area contributed by atoms with Crippen molar-refractivity contribution in [3.05, 3.63) is 164 Å². The molecule has 0 radical (unpaired) electrons. The van der Waals surface area contributed by atoms with Crippen molar-refractivity contribution in [2.24, 2.45) is 0 Å². The molecule has 0 N–H and O–H groups in total. The van der Waals surface area contributed by atoms with Gasteiger partial charge in [-0.15, -0.1) is 6.58 Å². The number of esters is 4. The number of fused-ring (bicyclic) bond motifs is 1. The number of allylic oxidation sites excluding steroid dienone is 1. The molecule has 0 saturated heterocycles. The van der Waals surface area contributed by atoms with Crippen molar-refractivity contribution in [2.45, 2.75) is 57.8 Å². The molecule has 6 aromatic rings. The molecule has 14 heteroatoms. The molecule has 0 aliphatic heterocycles. The fourth-order valence-electron chi connectivity index (χ4n) is 7.14. The highest BCUT2D eigenvalue weighted by Gasteiger charge is 2.18. The predicted octanol–water partition coefficient (Wildman–Crippen LogP) is 11.7. The van der Waals surface area contributed by atoms with E-state index in [0.717, 1.165) is 69.9 Å². The Morgan fingerprint density at radius 1 is 0.431 bits per heavy atom. The molecule has 374 valence electrons. The van der Waals surface area contributed by atoms with Crippen LogP contribution in [0.3, 0.4) is 0 Å². The van der Waals surface area contributed by atoms with Gasteiger partial charge in [0.1, 0.15) is 42.0 Å². The minimum absolute atomic E-state index is 0.0978. The monoisotopic (exact) mass is 976 g/mol. The maximum Gasteiger partial charge on any atom is 0.343 e. The number of carbonyl (C=O) groups excluding carboxylic acids is 4. The Labute approximate surface area is 420 Å². The number of rotatable bonds is 31. The Morgan fingerprint density at radius 3 is 1.44 bits per heavy atom. The molecule has 0 aliphatic carbocycles. The van der Waals surface area contributed by atoms with Crippen LogP contribution in [-0.4, -0.2) is 80.1 Å². The lowest BCUT2D eigenvalue weighted by Crippen LogP contribution is -2.12. The molecule has 0 saturated carbocycles. The average molecular weight is 977 g/mol. The zero-order valence-corrected chi connectivity index (χ0v) is 40.4. The summed E-state index contributed by atoms with van der Waals surface area (Å²) in [6.45, 7) is 12.8. The van der Waals surface area contributed by atoms with Crippen LogP contribution < -0.4 is 23.7 Å². The van der Waals surface area contributed by atoms with Crippen LogP contribution in [0.25, 0.3) is 33.5 Å². The van der Waals surface area contributed by atoms with Crippen LogP contribution in [0, 0.1) is 0 Å². The van der Waals surface area contributed by atoms with Crippen molar-refractivity contribution in [1.82, 2.24) is 9.97 Å². The van der Waals surface area contributed by atoms with Crippen molar-refractivity contribution in [2.75, 3.05) is 46.2 Å². The summed E-state index contributed by atoms with van der Waals surface area (Å²) in [5, 5.41) is 0. The Kier molecular flexibility index (Phi) is 21.6. The van der Waals surface area contributed by atoms with E-state index < -0.39 is 23.9 Å². The van der Waals surface area contributed by atoms with E-state index >= 15 is 0 Å². The van der Waals surface area contributed by atoms with E-state index in [-0.39, 0.29) is 32.2 Å². The minimum Gasteiger partial charge on any atom is -0.494 e. The van der Waals surface area contributed by atoms with Crippen LogP contribution >= 0.6 is 0 Å². The topological polar surface area (TPSA) is 168 Å². The van der Waals surface area contributed by atoms with Gasteiger partial charge in [-0.3, -0.25) is 0 Å². The van der Waals surface area contributed by atoms with Crippen molar-refractivity contribution in [3.8, 4) is 51.3 Å². The maximum atomic E-state index is 13.4. The Bertz CT molecular complexity index is 2750. The van der Waals surface area contributed by atoms with E-state index in [9.17, 15) is 19.2 Å². The molecule has 72 heavy (non-hydrogen) atoms. The quantitative estimate of drug-likeness (QED) is 0.0133. The van der Waals surface area contributed by atoms with Crippen LogP contribution in [-0.2, 0) is 23.8 Å². The Hall–Kier alpha value is -8.10. The van der Waals surface area contributed by atoms with E-state index in [1.807, 2.05) is 18.2 Å². The zero-order chi connectivity index (χ0) is 50.8. The first kappa shape index (κ1) is 53.3. The molecule has 14 nitrogen and oxygen atoms in total. The highest BCUT2D eigenvalue weighted by atomic mass is 16.6. The van der Waals surface area contributed by atoms with Crippen LogP contribution in [0.5, 0.6) is 28.7 Å². The second-order valence-electron chi connectivity index (χ2n) is 16.3. The number of hydrogen-bond donors (Lipinski definition) is 0. The van der Waals surface area contributed by atoms with Crippen LogP contribution in [0.2, 0.25) is 0 Å². The van der Waals surface area contributed by atoms with Gasteiger partial charge in [-0.05, 0) is 130 Å². The van der Waals surface area contributed by atoms with Gasteiger partial charge in [-0.2, -0.15) is 0 Å². The first-order valence-electron chi connectivity index (χ1n) is 24.1. The number of aromatic nitrogens is 2. The molecule has 0 spiro atoms. The third-order valence-corrected chi connectivity index (χ3v) is 10.9. The second kappa shape index (κ2) is 29.2. The van der Waals surface area contributed by atoms with Gasteiger partial charge in [0.05, 0.1) is 66.6 Å². The Balaban J connectivity index is 1.15. The SMILES string of the molecule is C=CCCCCCCOc1ccc(C(=O)Oc2cccc(-c3nc4cc(OCCOCCOC(=O)C=C)ccc4nc3-c3cccc(OC(=O)c4ccc(OCCCCCCOC(=O)C=C)cc4)c3)c2)cc1. The molecule has 6 rings (SSSR count). The standard InChI is InChI=1S/C58H60N2O12/c1-4-7-8-9-10-13-32-66-46-26-22-43(23-27-46)58(64)72-50-21-17-19-45(40-50)56-55(59-51-31-30-48(41-52(51)60-56)68-37-35-65-36-38-70-54(62)6-3)44-18-16-20-49(39-44)71-57(63)42-24-28-47(29-25-42)67-33-14-11-12-15-34-69-53(61)5-2/h4-6,16-31,39-41H,1-3,7-15,32-38H2. The molecule has 1 aromatic heterocycles. The van der Waals surface area contributed by atoms with Crippen molar-refractivity contribution in [1.29, 1.82) is 0 Å². The number of benzene rings is 5. The molecule has 0 atom stereocenters. The van der Waals surface area contributed by atoms with E-state index in [0.29, 0.717) is 87.5 Å². The summed E-state index contributed by atoms with van der Waals surface area (Å²) in [7, 11) is 0. The summed E-state index contributed by atoms with van der Waals surface area (Å²) in [5.74, 6) is 0.367. The van der Waals surface area contributed by atoms with E-state index in [2.05, 4.69) is 19.7 Å². The van der Waals surface area contributed by atoms with Gasteiger partial charge < -0.3 is 37.9 Å². The number of unbranched alkanes of at least 4 members (excludes halogenated alkanes) is 7. The van der Waals surface area contributed by atoms with Gasteiger partial charge in [0.2, 0.25) is 0 Å². The Morgan fingerprint density at radius 2 is 0.903 bits per heavy atom. The largest absolute Gasteiger partial charge is 0.494 e. The summed E-state index contributed by atoms with van der Waals surface area (Å²) in [5.41, 5.74) is 3.95. The average Bonchev–Trinajstić information content (AvgIpc) is 3.40. The molecule has 0 unspecified atom stereocenters. The third kappa shape index (κ3) is 17.4. The van der Waals surface area contributed by atoms with Crippen LogP contribution in [0.4, 0.5) is 0 Å². The summed E-state index contributed by atoms with van der Waals surface area (Å²) < 4.78 is 44.9. The van der Waals surface area contributed by atoms with Gasteiger partial charge in [-0.1, -0.05) is 56.3 Å². The summed E-state index contributed by atoms with van der Waals surface area (Å²) in [6, 6.07) is 33.0. The zero-order valence-electron chi connectivity index (χ0n) is 40.4. The fourth-order valence-corrected chi connectivity index (χ4v) is 7.14. The molecule has 0 amide bonds. The predicted molar refractivity (Wildman–Crippen MR) is 275 cm³/mol. The second-order valence-corrected chi connectivity index (χ2v) is 16.3. The molecule has 5 aromatic carbocycles. The molecule has 0 fully saturated rings. The lowest BCUT2D eigenvalue weighted by atomic mass is 10.0. The van der Waals surface area contributed by atoms with Crippen LogP contribution in [0.1, 0.15) is 78.5 Å². The smallest absolute Gasteiger partial charge is 0.343 e. The van der Waals surface area contributed by atoms with E-state index in [1.165, 1.54) is 0 Å². The third-order valence-electron chi connectivity index (χ3n) is 10.9. The van der Waals surface area contributed by atoms with Gasteiger partial charge in [0.15, 0.2) is 0 Å². The van der Waals surface area contributed by atoms with Crippen molar-refractivity contribution >= 4 is 34.9 Å². The molecular formula is C58H60N2O12. The highest BCUT2D eigenvalue weighted by molar-refractivity contribution is 5.93. The summed E-state index contributed by atoms with van der Waals surface area (Å²) in [4.78, 5) is 59.4. The van der Waals surface area contributed by atoms with Crippen LogP contribution in [0.15, 0.2) is 153 Å². The fraction of sp³-hybridized carbons (Fsp3) is 0.276. The van der Waals surface area contributed by atoms with Crippen molar-refractivity contribution in [3.63, 3.8) is 0 Å². The lowest BCUT2D eigenvalue weighted by molar-refractivity contribution is -0.139. The number of ether oxygens (including phenoxy) is 8. The highest BCUT2D eigenvalue weighted by Crippen LogP contribution is 2.35. The minimum atomic E-state index is -0.558. The van der Waals surface area contributed by atoms with Gasteiger partial charge >= 0.3 is 23.9 Å². The number of carbonyl (C=O) groups is 4. The molecule has 1 heterocycles. The first-order valence-corrected chi connectivity index (χ1v) is 24.1. The lowest BCUT2D eigenvalue weighted by Gasteiger charge is -2.14. The van der Waals surface area contributed by atoms with Gasteiger partial charge in [-0.25, -0.2) is 29.1 Å². The normalized spacial score (nSPS) is 10.7. The number of nitrogens with zero attached hydrogens (tertiary/aromatic N) is 2. The van der Waals surface area contributed by atoms with Gasteiger partial charge in [0.25, 0.3) is 0 Å². The molecule has 0 bridgehead atoms. The van der Waals surface area contributed by atoms with Crippen molar-refractivity contribution < 1.29 is 57.1 Å². The van der Waals surface area contributed by atoms with Gasteiger partial charge in [0, 0.05) is 29.3 Å². The summed E-state index contributed by atoms with van der Waals surface area (Å²) in [6.07, 6.45) is 12.9. The molecular weight excluding hydrogens is 917 g/mol. The van der Waals surface area contributed by atoms with E-state index in [1.54, 1.807) is 103 Å². The number of hydrogen-bond acceptors (Lipinski definition) is 14. The van der Waals surface area contributed by atoms with E-state index in [4.69, 9.17) is 47.9 Å². The first-order chi connectivity index (χ1) is 35.2. The molecule has 0 aliphatic rings. The maximum absolute atomic E-state index is 13.4.